The molecule has 5 N–H and O–H groups in total. The molecule has 1 unspecified atom stereocenters. The topological polar surface area (TPSA) is 129 Å². The number of aliphatic hydroxyl groups is 1. The van der Waals surface area contributed by atoms with Crippen LogP contribution in [-0.4, -0.2) is 33.1 Å². The zero-order valence-corrected chi connectivity index (χ0v) is 17.9. The Kier molecular flexibility index (Phi) is 6.44. The van der Waals surface area contributed by atoms with E-state index in [0.29, 0.717) is 24.9 Å². The van der Waals surface area contributed by atoms with Crippen molar-refractivity contribution in [2.75, 3.05) is 5.32 Å². The lowest BCUT2D eigenvalue weighted by molar-refractivity contribution is 0.1000. The van der Waals surface area contributed by atoms with Crippen LogP contribution in [0, 0.1) is 23.1 Å². The van der Waals surface area contributed by atoms with Crippen molar-refractivity contribution >= 4 is 11.7 Å². The van der Waals surface area contributed by atoms with Gasteiger partial charge in [-0.3, -0.25) is 9.48 Å². The number of carbonyl (C=O) groups excluding carboxylic acids is 1. The smallest absolute Gasteiger partial charge is 0.254 e. The fourth-order valence-corrected chi connectivity index (χ4v) is 4.46. The summed E-state index contributed by atoms with van der Waals surface area (Å²) in [6, 6.07) is 9.18. The number of nitrogens with zero attached hydrogens (tertiary/aromatic N) is 3. The number of primary amides is 1. The molecule has 2 aliphatic carbocycles. The second-order valence-corrected chi connectivity index (χ2v) is 8.93. The number of rotatable bonds is 9. The van der Waals surface area contributed by atoms with Crippen LogP contribution in [0.15, 0.2) is 30.5 Å². The first kappa shape index (κ1) is 22.2. The SMILES string of the molecule is N#CC[C@]1(n2cc(C(N)=O)c(NC(O)C3CC3)n2)CC[C@@H](NCc2ccccc2F)CC1. The van der Waals surface area contributed by atoms with Gasteiger partial charge in [-0.1, -0.05) is 18.2 Å². The maximum absolute atomic E-state index is 13.9. The summed E-state index contributed by atoms with van der Waals surface area (Å²) in [5, 5.41) is 30.6. The van der Waals surface area contributed by atoms with Crippen molar-refractivity contribution in [3.8, 4) is 6.07 Å². The van der Waals surface area contributed by atoms with Crippen LogP contribution in [0.3, 0.4) is 0 Å². The number of halogens is 1. The largest absolute Gasteiger partial charge is 0.373 e. The number of nitrogens with two attached hydrogens (primary N) is 1. The summed E-state index contributed by atoms with van der Waals surface area (Å²) in [5.74, 6) is -0.438. The average molecular weight is 441 g/mol. The van der Waals surface area contributed by atoms with Crippen LogP contribution in [-0.2, 0) is 12.1 Å². The van der Waals surface area contributed by atoms with E-state index in [2.05, 4.69) is 21.8 Å². The highest BCUT2D eigenvalue weighted by atomic mass is 19.1. The van der Waals surface area contributed by atoms with E-state index in [1.54, 1.807) is 23.0 Å². The molecule has 170 valence electrons. The molecule has 0 spiro atoms. The van der Waals surface area contributed by atoms with E-state index in [1.807, 2.05) is 6.07 Å². The summed E-state index contributed by atoms with van der Waals surface area (Å²) in [6.45, 7) is 0.448. The molecule has 1 amide bonds. The fourth-order valence-electron chi connectivity index (χ4n) is 4.46. The third-order valence-electron chi connectivity index (χ3n) is 6.68. The number of hydrogen-bond acceptors (Lipinski definition) is 6. The summed E-state index contributed by atoms with van der Waals surface area (Å²) in [5.41, 5.74) is 5.83. The van der Waals surface area contributed by atoms with Crippen molar-refractivity contribution in [3.63, 3.8) is 0 Å². The quantitative estimate of drug-likeness (QED) is 0.444. The van der Waals surface area contributed by atoms with Gasteiger partial charge in [-0.25, -0.2) is 4.39 Å². The minimum atomic E-state index is -0.776. The maximum atomic E-state index is 13.9. The number of amides is 1. The van der Waals surface area contributed by atoms with Gasteiger partial charge in [0.25, 0.3) is 5.91 Å². The number of nitrogens with one attached hydrogen (secondary N) is 2. The van der Waals surface area contributed by atoms with Crippen LogP contribution in [0.5, 0.6) is 0 Å². The molecule has 4 rings (SSSR count). The third-order valence-corrected chi connectivity index (χ3v) is 6.68. The van der Waals surface area contributed by atoms with Gasteiger partial charge < -0.3 is 21.5 Å². The predicted octanol–water partition coefficient (Wildman–Crippen LogP) is 2.60. The first-order valence-electron chi connectivity index (χ1n) is 11.1. The molecule has 1 aromatic carbocycles. The predicted molar refractivity (Wildman–Crippen MR) is 117 cm³/mol. The molecule has 2 saturated carbocycles. The number of benzene rings is 1. The zero-order chi connectivity index (χ0) is 22.7. The summed E-state index contributed by atoms with van der Waals surface area (Å²) in [6.07, 6.45) is 5.86. The Morgan fingerprint density at radius 3 is 2.69 bits per heavy atom. The Bertz CT molecular complexity index is 1000. The molecule has 1 atom stereocenters. The van der Waals surface area contributed by atoms with Crippen LogP contribution >= 0.6 is 0 Å². The summed E-state index contributed by atoms with van der Waals surface area (Å²) < 4.78 is 15.6. The van der Waals surface area contributed by atoms with Gasteiger partial charge in [-0.2, -0.15) is 10.4 Å². The molecule has 2 fully saturated rings. The molecule has 32 heavy (non-hydrogen) atoms. The molecule has 1 heterocycles. The van der Waals surface area contributed by atoms with Gasteiger partial charge in [0.15, 0.2) is 5.82 Å². The molecule has 1 aromatic heterocycles. The minimum absolute atomic E-state index is 0.157. The molecule has 0 saturated heterocycles. The molecule has 0 radical (unpaired) electrons. The van der Waals surface area contributed by atoms with E-state index in [-0.39, 0.29) is 35.6 Å². The Balaban J connectivity index is 1.46. The van der Waals surface area contributed by atoms with Crippen LogP contribution in [0.2, 0.25) is 0 Å². The van der Waals surface area contributed by atoms with E-state index in [4.69, 9.17) is 5.73 Å². The number of nitriles is 1. The van der Waals surface area contributed by atoms with Crippen molar-refractivity contribution in [3.05, 3.63) is 47.4 Å². The van der Waals surface area contributed by atoms with Gasteiger partial charge in [0.05, 0.1) is 18.0 Å². The average Bonchev–Trinajstić information content (AvgIpc) is 3.54. The van der Waals surface area contributed by atoms with Crippen LogP contribution in [0.25, 0.3) is 0 Å². The second kappa shape index (κ2) is 9.27. The monoisotopic (exact) mass is 440 g/mol. The first-order chi connectivity index (χ1) is 15.4. The van der Waals surface area contributed by atoms with Crippen molar-refractivity contribution in [2.45, 2.75) is 69.3 Å². The normalized spacial score (nSPS) is 24.0. The lowest BCUT2D eigenvalue weighted by Crippen LogP contribution is -2.43. The molecular formula is C23H29FN6O2. The van der Waals surface area contributed by atoms with E-state index in [0.717, 1.165) is 25.7 Å². The van der Waals surface area contributed by atoms with E-state index in [9.17, 15) is 19.6 Å². The standard InChI is InChI=1S/C23H29FN6O2/c24-19-4-2-1-3-16(19)13-27-17-7-9-23(10-8-17,11-12-25)30-14-18(20(26)31)21(29-30)28-22(32)15-5-6-15/h1-4,14-15,17,22,27,32H,5-11,13H2,(H2,26,31)(H,28,29)/t17-,22?,23+. The van der Waals surface area contributed by atoms with E-state index in [1.165, 1.54) is 6.07 Å². The number of aliphatic hydroxyl groups excluding tert-OH is 1. The Hall–Kier alpha value is -2.96. The highest BCUT2D eigenvalue weighted by molar-refractivity contribution is 5.97. The van der Waals surface area contributed by atoms with Crippen molar-refractivity contribution < 1.29 is 14.3 Å². The molecular weight excluding hydrogens is 411 g/mol. The van der Waals surface area contributed by atoms with Crippen molar-refractivity contribution in [1.29, 1.82) is 5.26 Å². The molecule has 8 nitrogen and oxygen atoms in total. The van der Waals surface area contributed by atoms with Gasteiger partial charge in [-0.05, 0) is 44.6 Å². The molecule has 0 bridgehead atoms. The number of carbonyl (C=O) groups is 1. The van der Waals surface area contributed by atoms with E-state index >= 15 is 0 Å². The number of aromatic nitrogens is 2. The lowest BCUT2D eigenvalue weighted by atomic mass is 9.77. The first-order valence-corrected chi connectivity index (χ1v) is 11.1. The molecule has 2 aliphatic rings. The number of hydrogen-bond donors (Lipinski definition) is 4. The summed E-state index contributed by atoms with van der Waals surface area (Å²) in [7, 11) is 0. The van der Waals surface area contributed by atoms with Gasteiger partial charge in [0.2, 0.25) is 0 Å². The maximum Gasteiger partial charge on any atom is 0.254 e. The van der Waals surface area contributed by atoms with Gasteiger partial charge >= 0.3 is 0 Å². The zero-order valence-electron chi connectivity index (χ0n) is 17.9. The van der Waals surface area contributed by atoms with Gasteiger partial charge in [0, 0.05) is 30.3 Å². The summed E-state index contributed by atoms with van der Waals surface area (Å²) >= 11 is 0. The fraction of sp³-hybridized carbons (Fsp3) is 0.522. The highest BCUT2D eigenvalue weighted by Gasteiger charge is 2.39. The molecule has 2 aromatic rings. The van der Waals surface area contributed by atoms with Crippen molar-refractivity contribution in [2.24, 2.45) is 11.7 Å². The highest BCUT2D eigenvalue weighted by Crippen LogP contribution is 2.39. The van der Waals surface area contributed by atoms with Crippen LogP contribution < -0.4 is 16.4 Å². The minimum Gasteiger partial charge on any atom is -0.373 e. The third kappa shape index (κ3) is 4.76. The molecule has 9 heteroatoms. The molecule has 0 aliphatic heterocycles. The Labute approximate surface area is 186 Å². The number of anilines is 1. The lowest BCUT2D eigenvalue weighted by Gasteiger charge is -2.39. The van der Waals surface area contributed by atoms with Crippen LogP contribution in [0.4, 0.5) is 10.2 Å². The van der Waals surface area contributed by atoms with Crippen LogP contribution in [0.1, 0.15) is 60.9 Å². The summed E-state index contributed by atoms with van der Waals surface area (Å²) in [4.78, 5) is 12.0. The van der Waals surface area contributed by atoms with Crippen molar-refractivity contribution in [1.82, 2.24) is 15.1 Å². The van der Waals surface area contributed by atoms with E-state index < -0.39 is 17.7 Å². The van der Waals surface area contributed by atoms with Gasteiger partial charge in [0.1, 0.15) is 17.6 Å². The second-order valence-electron chi connectivity index (χ2n) is 8.93. The van der Waals surface area contributed by atoms with Gasteiger partial charge in [-0.15, -0.1) is 0 Å². The Morgan fingerprint density at radius 2 is 2.06 bits per heavy atom. The Morgan fingerprint density at radius 1 is 1.34 bits per heavy atom.